The van der Waals surface area contributed by atoms with E-state index in [9.17, 15) is 0 Å². The van der Waals surface area contributed by atoms with Gasteiger partial charge in [-0.1, -0.05) is 39.0 Å². The van der Waals surface area contributed by atoms with Crippen LogP contribution in [0.4, 0.5) is 0 Å². The van der Waals surface area contributed by atoms with Gasteiger partial charge in [0.15, 0.2) is 0 Å². The number of aryl methyl sites for hydroxylation is 1. The lowest BCUT2D eigenvalue weighted by Gasteiger charge is -2.06. The van der Waals surface area contributed by atoms with E-state index in [1.54, 1.807) is 0 Å². The minimum Gasteiger partial charge on any atom is -0.419 e. The molecule has 4 heteroatoms. The van der Waals surface area contributed by atoms with Gasteiger partial charge in [0.25, 0.3) is 5.89 Å². The maximum Gasteiger partial charge on any atom is 0.264 e. The first kappa shape index (κ1) is 13.9. The van der Waals surface area contributed by atoms with Gasteiger partial charge in [0.2, 0.25) is 5.89 Å². The Bertz CT molecular complexity index is 739. The number of para-hydroxylation sites is 1. The van der Waals surface area contributed by atoms with E-state index in [1.807, 2.05) is 0 Å². The van der Waals surface area contributed by atoms with Crippen molar-refractivity contribution in [2.24, 2.45) is 5.92 Å². The molecule has 0 radical (unpaired) electrons. The summed E-state index contributed by atoms with van der Waals surface area (Å²) in [5.74, 6) is 1.85. The molecule has 0 saturated carbocycles. The van der Waals surface area contributed by atoms with Crippen LogP contribution in [0.25, 0.3) is 22.5 Å². The van der Waals surface area contributed by atoms with Gasteiger partial charge < -0.3 is 8.98 Å². The molecule has 3 aromatic rings. The molecule has 3 rings (SSSR count). The van der Waals surface area contributed by atoms with E-state index in [-0.39, 0.29) is 0 Å². The van der Waals surface area contributed by atoms with Crippen molar-refractivity contribution in [3.63, 3.8) is 0 Å². The molecule has 0 N–H and O–H groups in total. The van der Waals surface area contributed by atoms with Crippen LogP contribution in [0.2, 0.25) is 0 Å². The van der Waals surface area contributed by atoms with Crippen molar-refractivity contribution in [3.8, 4) is 11.6 Å². The summed E-state index contributed by atoms with van der Waals surface area (Å²) in [5.41, 5.74) is 2.23. The molecule has 2 heterocycles. The van der Waals surface area contributed by atoms with Crippen molar-refractivity contribution in [1.29, 1.82) is 0 Å². The predicted molar refractivity (Wildman–Crippen MR) is 84.1 cm³/mol. The number of rotatable bonds is 5. The maximum absolute atomic E-state index is 5.85. The van der Waals surface area contributed by atoms with E-state index >= 15 is 0 Å². The Hall–Kier alpha value is -2.10. The van der Waals surface area contributed by atoms with E-state index in [2.05, 4.69) is 65.9 Å². The minimum absolute atomic E-state index is 0.514. The molecule has 4 nitrogen and oxygen atoms in total. The number of benzene rings is 1. The van der Waals surface area contributed by atoms with E-state index in [1.165, 1.54) is 10.9 Å². The molecule has 0 saturated heterocycles. The van der Waals surface area contributed by atoms with Crippen molar-refractivity contribution in [3.05, 3.63) is 36.2 Å². The van der Waals surface area contributed by atoms with E-state index in [0.29, 0.717) is 17.7 Å². The Morgan fingerprint density at radius 1 is 1.19 bits per heavy atom. The number of fused-ring (bicyclic) bond motifs is 1. The van der Waals surface area contributed by atoms with Gasteiger partial charge in [-0.2, -0.15) is 0 Å². The smallest absolute Gasteiger partial charge is 0.264 e. The van der Waals surface area contributed by atoms with Crippen LogP contribution >= 0.6 is 0 Å². The lowest BCUT2D eigenvalue weighted by molar-refractivity contribution is 0.463. The SMILES string of the molecule is CCCn1c(-c2nnc(CC(C)C)o2)cc2ccccc21. The third-order valence-electron chi connectivity index (χ3n) is 3.53. The monoisotopic (exact) mass is 283 g/mol. The molecule has 0 atom stereocenters. The summed E-state index contributed by atoms with van der Waals surface area (Å²) in [5, 5.41) is 9.63. The van der Waals surface area contributed by atoms with Crippen LogP contribution in [0.1, 0.15) is 33.1 Å². The summed E-state index contributed by atoms with van der Waals surface area (Å²) in [4.78, 5) is 0. The fraction of sp³-hybridized carbons (Fsp3) is 0.412. The molecule has 1 aromatic carbocycles. The summed E-state index contributed by atoms with van der Waals surface area (Å²) in [7, 11) is 0. The van der Waals surface area contributed by atoms with Gasteiger partial charge in [-0.15, -0.1) is 10.2 Å². The largest absolute Gasteiger partial charge is 0.419 e. The van der Waals surface area contributed by atoms with Crippen LogP contribution in [0.3, 0.4) is 0 Å². The second-order valence-corrected chi connectivity index (χ2v) is 5.84. The van der Waals surface area contributed by atoms with Crippen molar-refractivity contribution in [2.75, 3.05) is 0 Å². The Kier molecular flexibility index (Phi) is 3.78. The Labute approximate surface area is 124 Å². The molecular weight excluding hydrogens is 262 g/mol. The van der Waals surface area contributed by atoms with Crippen molar-refractivity contribution in [1.82, 2.24) is 14.8 Å². The second-order valence-electron chi connectivity index (χ2n) is 5.84. The van der Waals surface area contributed by atoms with E-state index < -0.39 is 0 Å². The first-order valence-corrected chi connectivity index (χ1v) is 7.60. The number of hydrogen-bond acceptors (Lipinski definition) is 3. The number of hydrogen-bond donors (Lipinski definition) is 0. The van der Waals surface area contributed by atoms with Gasteiger partial charge in [-0.05, 0) is 24.5 Å². The zero-order chi connectivity index (χ0) is 14.8. The highest BCUT2D eigenvalue weighted by molar-refractivity contribution is 5.85. The van der Waals surface area contributed by atoms with Gasteiger partial charge in [0, 0.05) is 23.9 Å². The lowest BCUT2D eigenvalue weighted by atomic mass is 10.1. The Morgan fingerprint density at radius 2 is 2.00 bits per heavy atom. The highest BCUT2D eigenvalue weighted by Crippen LogP contribution is 2.28. The third kappa shape index (κ3) is 2.71. The minimum atomic E-state index is 0.514. The molecule has 0 aliphatic rings. The molecule has 0 aliphatic carbocycles. The molecular formula is C17H21N3O. The average molecular weight is 283 g/mol. The summed E-state index contributed by atoms with van der Waals surface area (Å²) >= 11 is 0. The normalized spacial score (nSPS) is 11.6. The standard InChI is InChI=1S/C17H21N3O/c1-4-9-20-14-8-6-5-7-13(14)11-15(20)17-19-18-16(21-17)10-12(2)3/h5-8,11-12H,4,9-10H2,1-3H3. The van der Waals surface area contributed by atoms with Crippen molar-refractivity contribution >= 4 is 10.9 Å². The van der Waals surface area contributed by atoms with Gasteiger partial charge in [-0.3, -0.25) is 0 Å². The highest BCUT2D eigenvalue weighted by Gasteiger charge is 2.16. The predicted octanol–water partition coefficient (Wildman–Crippen LogP) is 4.30. The third-order valence-corrected chi connectivity index (χ3v) is 3.53. The molecule has 21 heavy (non-hydrogen) atoms. The zero-order valence-corrected chi connectivity index (χ0v) is 12.8. The van der Waals surface area contributed by atoms with E-state index in [0.717, 1.165) is 25.1 Å². The molecule has 0 spiro atoms. The van der Waals surface area contributed by atoms with Gasteiger partial charge in [-0.25, -0.2) is 0 Å². The first-order valence-electron chi connectivity index (χ1n) is 7.60. The van der Waals surface area contributed by atoms with Crippen LogP contribution < -0.4 is 0 Å². The summed E-state index contributed by atoms with van der Waals surface area (Å²) < 4.78 is 8.12. The van der Waals surface area contributed by atoms with Crippen LogP contribution in [0, 0.1) is 5.92 Å². The first-order chi connectivity index (χ1) is 10.2. The fourth-order valence-corrected chi connectivity index (χ4v) is 2.64. The summed E-state index contributed by atoms with van der Waals surface area (Å²) in [6, 6.07) is 10.5. The second kappa shape index (κ2) is 5.72. The van der Waals surface area contributed by atoms with Gasteiger partial charge >= 0.3 is 0 Å². The molecule has 0 amide bonds. The number of aromatic nitrogens is 3. The Morgan fingerprint density at radius 3 is 2.76 bits per heavy atom. The molecule has 2 aromatic heterocycles. The highest BCUT2D eigenvalue weighted by atomic mass is 16.4. The lowest BCUT2D eigenvalue weighted by Crippen LogP contribution is -1.98. The molecule has 0 unspecified atom stereocenters. The fourth-order valence-electron chi connectivity index (χ4n) is 2.64. The summed E-state index contributed by atoms with van der Waals surface area (Å²) in [6.07, 6.45) is 1.89. The van der Waals surface area contributed by atoms with Gasteiger partial charge in [0.1, 0.15) is 5.69 Å². The van der Waals surface area contributed by atoms with Gasteiger partial charge in [0.05, 0.1) is 0 Å². The number of nitrogens with zero attached hydrogens (tertiary/aromatic N) is 3. The topological polar surface area (TPSA) is 43.9 Å². The van der Waals surface area contributed by atoms with Crippen LogP contribution in [-0.4, -0.2) is 14.8 Å². The van der Waals surface area contributed by atoms with Crippen LogP contribution in [-0.2, 0) is 13.0 Å². The van der Waals surface area contributed by atoms with Crippen molar-refractivity contribution in [2.45, 2.75) is 40.2 Å². The van der Waals surface area contributed by atoms with Crippen LogP contribution in [0.5, 0.6) is 0 Å². The molecule has 0 aliphatic heterocycles. The summed E-state index contributed by atoms with van der Waals surface area (Å²) in [6.45, 7) is 7.43. The molecule has 0 bridgehead atoms. The molecule has 110 valence electrons. The zero-order valence-electron chi connectivity index (χ0n) is 12.8. The quantitative estimate of drug-likeness (QED) is 0.701. The van der Waals surface area contributed by atoms with Crippen molar-refractivity contribution < 1.29 is 4.42 Å². The maximum atomic E-state index is 5.85. The Balaban J connectivity index is 2.06. The van der Waals surface area contributed by atoms with E-state index in [4.69, 9.17) is 4.42 Å². The molecule has 0 fully saturated rings. The average Bonchev–Trinajstić information content (AvgIpc) is 3.04. The van der Waals surface area contributed by atoms with Crippen LogP contribution in [0.15, 0.2) is 34.7 Å².